The topological polar surface area (TPSA) is 43.6 Å². The van der Waals surface area contributed by atoms with E-state index in [-0.39, 0.29) is 5.91 Å². The Labute approximate surface area is 155 Å². The number of ether oxygens (including phenoxy) is 1. The lowest BCUT2D eigenvalue weighted by molar-refractivity contribution is 0.0997. The maximum absolute atomic E-state index is 12.7. The van der Waals surface area contributed by atoms with E-state index < -0.39 is 0 Å². The molecule has 4 nitrogen and oxygen atoms in total. The predicted octanol–water partition coefficient (Wildman–Crippen LogP) is 4.20. The van der Waals surface area contributed by atoms with Crippen LogP contribution in [0, 0.1) is 0 Å². The van der Waals surface area contributed by atoms with Gasteiger partial charge >= 0.3 is 0 Å². The van der Waals surface area contributed by atoms with Crippen molar-refractivity contribution >= 4 is 39.2 Å². The molecule has 3 aromatic rings. The molecular formula is C19H20N2O2S2. The van der Waals surface area contributed by atoms with Crippen LogP contribution in [0.15, 0.2) is 58.4 Å². The summed E-state index contributed by atoms with van der Waals surface area (Å²) < 4.78 is 8.36. The van der Waals surface area contributed by atoms with Crippen LogP contribution in [0.4, 0.5) is 0 Å². The molecule has 0 aliphatic carbocycles. The van der Waals surface area contributed by atoms with Crippen LogP contribution in [-0.2, 0) is 11.3 Å². The number of benzene rings is 2. The van der Waals surface area contributed by atoms with Crippen LogP contribution in [-0.4, -0.2) is 29.9 Å². The summed E-state index contributed by atoms with van der Waals surface area (Å²) in [4.78, 5) is 18.9. The number of nitrogens with zero attached hydrogens (tertiary/aromatic N) is 2. The summed E-state index contributed by atoms with van der Waals surface area (Å²) in [5.74, 6) is 0.763. The third kappa shape index (κ3) is 4.21. The Bertz CT molecular complexity index is 944. The fourth-order valence-electron chi connectivity index (χ4n) is 2.54. The van der Waals surface area contributed by atoms with Crippen molar-refractivity contribution in [2.45, 2.75) is 18.4 Å². The van der Waals surface area contributed by atoms with Gasteiger partial charge < -0.3 is 9.30 Å². The molecule has 0 N–H and O–H groups in total. The van der Waals surface area contributed by atoms with Crippen molar-refractivity contribution in [3.8, 4) is 0 Å². The van der Waals surface area contributed by atoms with Crippen molar-refractivity contribution in [3.63, 3.8) is 0 Å². The van der Waals surface area contributed by atoms with E-state index in [1.165, 1.54) is 11.3 Å². The number of fused-ring (bicyclic) bond motifs is 1. The maximum atomic E-state index is 12.7. The molecule has 2 aromatic carbocycles. The van der Waals surface area contributed by atoms with E-state index in [0.717, 1.165) is 20.9 Å². The largest absolute Gasteiger partial charge is 0.383 e. The molecule has 1 aromatic heterocycles. The summed E-state index contributed by atoms with van der Waals surface area (Å²) in [6, 6.07) is 15.7. The van der Waals surface area contributed by atoms with Crippen molar-refractivity contribution in [2.75, 3.05) is 19.5 Å². The highest BCUT2D eigenvalue weighted by Gasteiger charge is 2.09. The molecule has 0 spiro atoms. The van der Waals surface area contributed by atoms with Crippen molar-refractivity contribution < 1.29 is 9.53 Å². The summed E-state index contributed by atoms with van der Waals surface area (Å²) in [5, 5.41) is 0. The Balaban J connectivity index is 2.02. The lowest BCUT2D eigenvalue weighted by Crippen LogP contribution is -2.19. The van der Waals surface area contributed by atoms with E-state index >= 15 is 0 Å². The lowest BCUT2D eigenvalue weighted by atomic mass is 10.2. The zero-order chi connectivity index (χ0) is 17.6. The highest BCUT2D eigenvalue weighted by atomic mass is 32.2. The molecule has 0 atom stereocenters. The quantitative estimate of drug-likeness (QED) is 0.609. The SMILES string of the molecule is CCSc1cccc(C(=O)N=c2sc3ccccc3n2CCOC)c1. The van der Waals surface area contributed by atoms with Crippen LogP contribution < -0.4 is 4.80 Å². The monoisotopic (exact) mass is 372 g/mol. The minimum atomic E-state index is -0.212. The smallest absolute Gasteiger partial charge is 0.279 e. The van der Waals surface area contributed by atoms with E-state index in [1.54, 1.807) is 18.9 Å². The van der Waals surface area contributed by atoms with Crippen LogP contribution in [0.3, 0.4) is 0 Å². The zero-order valence-corrected chi connectivity index (χ0v) is 15.9. The van der Waals surface area contributed by atoms with E-state index in [4.69, 9.17) is 4.74 Å². The highest BCUT2D eigenvalue weighted by Crippen LogP contribution is 2.20. The van der Waals surface area contributed by atoms with E-state index in [2.05, 4.69) is 11.9 Å². The van der Waals surface area contributed by atoms with Crippen LogP contribution >= 0.6 is 23.1 Å². The van der Waals surface area contributed by atoms with Gasteiger partial charge in [0.25, 0.3) is 5.91 Å². The summed E-state index contributed by atoms with van der Waals surface area (Å²) in [6.45, 7) is 3.34. The van der Waals surface area contributed by atoms with Gasteiger partial charge in [-0.15, -0.1) is 11.8 Å². The standard InChI is InChI=1S/C19H20N2O2S2/c1-3-24-15-8-6-7-14(13-15)18(22)20-19-21(11-12-23-2)16-9-4-5-10-17(16)25-19/h4-10,13H,3,11-12H2,1-2H3. The molecule has 0 saturated carbocycles. The van der Waals surface area contributed by atoms with Gasteiger partial charge in [0.05, 0.1) is 16.8 Å². The number of thioether (sulfide) groups is 1. The van der Waals surface area contributed by atoms with Gasteiger partial charge in [-0.3, -0.25) is 4.79 Å². The fourth-order valence-corrected chi connectivity index (χ4v) is 4.31. The highest BCUT2D eigenvalue weighted by molar-refractivity contribution is 7.99. The molecule has 0 radical (unpaired) electrons. The average molecular weight is 373 g/mol. The second-order valence-corrected chi connectivity index (χ2v) is 7.72. The minimum absolute atomic E-state index is 0.212. The van der Waals surface area contributed by atoms with Gasteiger partial charge in [-0.1, -0.05) is 36.5 Å². The first-order valence-electron chi connectivity index (χ1n) is 8.12. The van der Waals surface area contributed by atoms with Gasteiger partial charge in [0.2, 0.25) is 0 Å². The Morgan fingerprint density at radius 1 is 1.24 bits per heavy atom. The third-order valence-corrected chi connectivity index (χ3v) is 5.63. The Hall–Kier alpha value is -1.89. The van der Waals surface area contributed by atoms with Crippen LogP contribution in [0.1, 0.15) is 17.3 Å². The Morgan fingerprint density at radius 2 is 2.08 bits per heavy atom. The van der Waals surface area contributed by atoms with Crippen molar-refractivity contribution in [2.24, 2.45) is 4.99 Å². The normalized spacial score (nSPS) is 12.0. The Morgan fingerprint density at radius 3 is 2.88 bits per heavy atom. The van der Waals surface area contributed by atoms with Gasteiger partial charge in [0.1, 0.15) is 0 Å². The number of hydrogen-bond acceptors (Lipinski definition) is 4. The molecule has 1 heterocycles. The molecule has 6 heteroatoms. The van der Waals surface area contributed by atoms with Crippen LogP contribution in [0.5, 0.6) is 0 Å². The lowest BCUT2D eigenvalue weighted by Gasteiger charge is -2.04. The van der Waals surface area contributed by atoms with Crippen molar-refractivity contribution in [1.82, 2.24) is 4.57 Å². The predicted molar refractivity (Wildman–Crippen MR) is 104 cm³/mol. The molecule has 130 valence electrons. The number of carbonyl (C=O) groups excluding carboxylic acids is 1. The number of hydrogen-bond donors (Lipinski definition) is 0. The van der Waals surface area contributed by atoms with Gasteiger partial charge in [0, 0.05) is 24.1 Å². The number of amides is 1. The zero-order valence-electron chi connectivity index (χ0n) is 14.3. The first-order chi connectivity index (χ1) is 12.2. The van der Waals surface area contributed by atoms with E-state index in [9.17, 15) is 4.79 Å². The second-order valence-electron chi connectivity index (χ2n) is 5.37. The molecule has 1 amide bonds. The summed E-state index contributed by atoms with van der Waals surface area (Å²) in [7, 11) is 1.67. The molecule has 25 heavy (non-hydrogen) atoms. The number of thiazole rings is 1. The molecule has 0 saturated heterocycles. The summed E-state index contributed by atoms with van der Waals surface area (Å²) in [6.07, 6.45) is 0. The summed E-state index contributed by atoms with van der Waals surface area (Å²) >= 11 is 3.24. The van der Waals surface area contributed by atoms with Crippen molar-refractivity contribution in [1.29, 1.82) is 0 Å². The molecule has 0 unspecified atom stereocenters. The molecule has 0 aliphatic rings. The van der Waals surface area contributed by atoms with Crippen LogP contribution in [0.25, 0.3) is 10.2 Å². The third-order valence-electron chi connectivity index (χ3n) is 3.70. The number of rotatable bonds is 6. The molecule has 0 fully saturated rings. The second kappa shape index (κ2) is 8.47. The van der Waals surface area contributed by atoms with Gasteiger partial charge in [-0.05, 0) is 36.1 Å². The molecule has 3 rings (SSSR count). The van der Waals surface area contributed by atoms with Crippen molar-refractivity contribution in [3.05, 3.63) is 58.9 Å². The van der Waals surface area contributed by atoms with E-state index in [0.29, 0.717) is 23.5 Å². The Kier molecular flexibility index (Phi) is 6.07. The van der Waals surface area contributed by atoms with E-state index in [1.807, 2.05) is 53.1 Å². The fraction of sp³-hybridized carbons (Fsp3) is 0.263. The number of methoxy groups -OCH3 is 1. The number of carbonyl (C=O) groups is 1. The van der Waals surface area contributed by atoms with Gasteiger partial charge in [-0.25, -0.2) is 0 Å². The molecule has 0 aliphatic heterocycles. The first-order valence-corrected chi connectivity index (χ1v) is 9.92. The molecular weight excluding hydrogens is 352 g/mol. The maximum Gasteiger partial charge on any atom is 0.279 e. The molecule has 0 bridgehead atoms. The van der Waals surface area contributed by atoms with Gasteiger partial charge in [0.15, 0.2) is 4.80 Å². The number of aromatic nitrogens is 1. The average Bonchev–Trinajstić information content (AvgIpc) is 2.97. The minimum Gasteiger partial charge on any atom is -0.383 e. The van der Waals surface area contributed by atoms with Gasteiger partial charge in [-0.2, -0.15) is 4.99 Å². The number of para-hydroxylation sites is 1. The first kappa shape index (κ1) is 17.9. The summed E-state index contributed by atoms with van der Waals surface area (Å²) in [5.41, 5.74) is 1.69. The van der Waals surface area contributed by atoms with Crippen LogP contribution in [0.2, 0.25) is 0 Å².